The van der Waals surface area contributed by atoms with Crippen LogP contribution >= 0.6 is 0 Å². The van der Waals surface area contributed by atoms with Crippen LogP contribution in [0.4, 0.5) is 0 Å². The average molecular weight is 340 g/mol. The van der Waals surface area contributed by atoms with Crippen molar-refractivity contribution in [3.05, 3.63) is 0 Å². The molecule has 2 saturated carbocycles. The van der Waals surface area contributed by atoms with Crippen molar-refractivity contribution in [2.24, 2.45) is 11.5 Å². The Balaban J connectivity index is 1.49. The SMILES string of the molecule is NC1CCC(OC(=O)CCCCC(=O)OC2CCC(N)CC2)CC1. The minimum absolute atomic E-state index is 0.0277. The summed E-state index contributed by atoms with van der Waals surface area (Å²) < 4.78 is 10.9. The first-order chi connectivity index (χ1) is 11.5. The molecule has 0 bridgehead atoms. The van der Waals surface area contributed by atoms with Gasteiger partial charge in [0.25, 0.3) is 0 Å². The van der Waals surface area contributed by atoms with Gasteiger partial charge in [0.15, 0.2) is 0 Å². The molecule has 138 valence electrons. The topological polar surface area (TPSA) is 105 Å². The van der Waals surface area contributed by atoms with Crippen LogP contribution < -0.4 is 11.5 Å². The Labute approximate surface area is 144 Å². The first kappa shape index (κ1) is 19.2. The molecule has 0 aromatic rings. The minimum atomic E-state index is -0.162. The fraction of sp³-hybridized carbons (Fsp3) is 0.889. The molecule has 6 nitrogen and oxygen atoms in total. The lowest BCUT2D eigenvalue weighted by molar-refractivity contribution is -0.153. The fourth-order valence-corrected chi connectivity index (χ4v) is 3.44. The molecule has 0 amide bonds. The molecule has 0 aliphatic heterocycles. The van der Waals surface area contributed by atoms with Crippen LogP contribution in [0.25, 0.3) is 0 Å². The third-order valence-electron chi connectivity index (χ3n) is 5.05. The summed E-state index contributed by atoms with van der Waals surface area (Å²) in [6.07, 6.45) is 9.29. The van der Waals surface area contributed by atoms with Crippen molar-refractivity contribution >= 4 is 11.9 Å². The van der Waals surface area contributed by atoms with E-state index in [1.165, 1.54) is 0 Å². The molecule has 0 atom stereocenters. The van der Waals surface area contributed by atoms with Crippen molar-refractivity contribution in [1.82, 2.24) is 0 Å². The van der Waals surface area contributed by atoms with Crippen LogP contribution in [0.15, 0.2) is 0 Å². The summed E-state index contributed by atoms with van der Waals surface area (Å²) in [7, 11) is 0. The van der Waals surface area contributed by atoms with E-state index in [0.29, 0.717) is 25.7 Å². The number of hydrogen-bond donors (Lipinski definition) is 2. The second-order valence-electron chi connectivity index (χ2n) is 7.26. The van der Waals surface area contributed by atoms with E-state index in [2.05, 4.69) is 0 Å². The third kappa shape index (κ3) is 7.18. The molecule has 0 aromatic carbocycles. The number of carbonyl (C=O) groups is 2. The Hall–Kier alpha value is -1.14. The highest BCUT2D eigenvalue weighted by Gasteiger charge is 2.22. The fourth-order valence-electron chi connectivity index (χ4n) is 3.44. The highest BCUT2D eigenvalue weighted by molar-refractivity contribution is 5.70. The van der Waals surface area contributed by atoms with Crippen LogP contribution in [0.1, 0.15) is 77.0 Å². The van der Waals surface area contributed by atoms with E-state index in [0.717, 1.165) is 51.4 Å². The van der Waals surface area contributed by atoms with Gasteiger partial charge in [-0.2, -0.15) is 0 Å². The van der Waals surface area contributed by atoms with Crippen molar-refractivity contribution in [3.63, 3.8) is 0 Å². The zero-order valence-electron chi connectivity index (χ0n) is 14.6. The quantitative estimate of drug-likeness (QED) is 0.543. The summed E-state index contributed by atoms with van der Waals surface area (Å²) in [4.78, 5) is 23.6. The molecule has 0 unspecified atom stereocenters. The van der Waals surface area contributed by atoms with Crippen LogP contribution in [0.3, 0.4) is 0 Å². The van der Waals surface area contributed by atoms with Gasteiger partial charge in [0.2, 0.25) is 0 Å². The molecule has 0 saturated heterocycles. The van der Waals surface area contributed by atoms with E-state index in [1.807, 2.05) is 0 Å². The molecule has 24 heavy (non-hydrogen) atoms. The molecule has 2 fully saturated rings. The first-order valence-corrected chi connectivity index (χ1v) is 9.43. The van der Waals surface area contributed by atoms with Crippen molar-refractivity contribution < 1.29 is 19.1 Å². The predicted molar refractivity (Wildman–Crippen MR) is 91.1 cm³/mol. The van der Waals surface area contributed by atoms with Gasteiger partial charge in [-0.25, -0.2) is 0 Å². The monoisotopic (exact) mass is 340 g/mol. The number of nitrogens with two attached hydrogens (primary N) is 2. The van der Waals surface area contributed by atoms with Gasteiger partial charge in [0.05, 0.1) is 0 Å². The van der Waals surface area contributed by atoms with Gasteiger partial charge < -0.3 is 20.9 Å². The standard InChI is InChI=1S/C18H32N2O4/c19-13-5-9-15(10-6-13)23-17(21)3-1-2-4-18(22)24-16-11-7-14(20)8-12-16/h13-16H,1-12,19-20H2. The Morgan fingerprint density at radius 1 is 0.667 bits per heavy atom. The third-order valence-corrected chi connectivity index (χ3v) is 5.05. The Morgan fingerprint density at radius 2 is 1.00 bits per heavy atom. The van der Waals surface area contributed by atoms with Gasteiger partial charge in [-0.05, 0) is 64.2 Å². The molecule has 0 radical (unpaired) electrons. The van der Waals surface area contributed by atoms with Crippen LogP contribution in [0.5, 0.6) is 0 Å². The lowest BCUT2D eigenvalue weighted by atomic mass is 9.94. The van der Waals surface area contributed by atoms with E-state index in [-0.39, 0.29) is 36.2 Å². The second kappa shape index (κ2) is 9.99. The Morgan fingerprint density at radius 3 is 1.33 bits per heavy atom. The number of unbranched alkanes of at least 4 members (excludes halogenated alkanes) is 1. The van der Waals surface area contributed by atoms with Gasteiger partial charge in [-0.3, -0.25) is 9.59 Å². The molecule has 2 rings (SSSR count). The maximum Gasteiger partial charge on any atom is 0.306 e. The van der Waals surface area contributed by atoms with Gasteiger partial charge in [0.1, 0.15) is 12.2 Å². The molecule has 6 heteroatoms. The van der Waals surface area contributed by atoms with E-state index in [1.54, 1.807) is 0 Å². The molecular weight excluding hydrogens is 308 g/mol. The van der Waals surface area contributed by atoms with Crippen LogP contribution in [-0.2, 0) is 19.1 Å². The van der Waals surface area contributed by atoms with Gasteiger partial charge >= 0.3 is 11.9 Å². The van der Waals surface area contributed by atoms with Crippen LogP contribution in [0, 0.1) is 0 Å². The lowest BCUT2D eigenvalue weighted by Crippen LogP contribution is -2.31. The summed E-state index contributed by atoms with van der Waals surface area (Å²) in [5.41, 5.74) is 11.7. The maximum atomic E-state index is 11.8. The van der Waals surface area contributed by atoms with Crippen molar-refractivity contribution in [2.45, 2.75) is 101 Å². The number of carbonyl (C=O) groups excluding carboxylic acids is 2. The number of ether oxygens (including phenoxy) is 2. The number of hydrogen-bond acceptors (Lipinski definition) is 6. The smallest absolute Gasteiger partial charge is 0.306 e. The molecule has 0 aromatic heterocycles. The van der Waals surface area contributed by atoms with Crippen molar-refractivity contribution in [3.8, 4) is 0 Å². The van der Waals surface area contributed by atoms with E-state index in [9.17, 15) is 9.59 Å². The highest BCUT2D eigenvalue weighted by atomic mass is 16.5. The van der Waals surface area contributed by atoms with Crippen LogP contribution in [0.2, 0.25) is 0 Å². The summed E-state index contributed by atoms with van der Waals surface area (Å²) in [5, 5.41) is 0. The zero-order valence-corrected chi connectivity index (χ0v) is 14.6. The molecule has 4 N–H and O–H groups in total. The maximum absolute atomic E-state index is 11.8. The van der Waals surface area contributed by atoms with Crippen molar-refractivity contribution in [1.29, 1.82) is 0 Å². The second-order valence-corrected chi connectivity index (χ2v) is 7.26. The lowest BCUT2D eigenvalue weighted by Gasteiger charge is -2.26. The normalized spacial score (nSPS) is 30.6. The summed E-state index contributed by atoms with van der Waals surface area (Å²) in [6.45, 7) is 0. The predicted octanol–water partition coefficient (Wildman–Crippen LogP) is 2.17. The molecule has 0 heterocycles. The molecule has 2 aliphatic carbocycles. The average Bonchev–Trinajstić information content (AvgIpc) is 2.56. The summed E-state index contributed by atoms with van der Waals surface area (Å²) in [6, 6.07) is 0.511. The first-order valence-electron chi connectivity index (χ1n) is 9.43. The summed E-state index contributed by atoms with van der Waals surface area (Å²) >= 11 is 0. The molecule has 2 aliphatic rings. The minimum Gasteiger partial charge on any atom is -0.462 e. The summed E-state index contributed by atoms with van der Waals surface area (Å²) in [5.74, 6) is -0.324. The van der Waals surface area contributed by atoms with Gasteiger partial charge in [0, 0.05) is 24.9 Å². The highest BCUT2D eigenvalue weighted by Crippen LogP contribution is 2.22. The van der Waals surface area contributed by atoms with Crippen molar-refractivity contribution in [2.75, 3.05) is 0 Å². The van der Waals surface area contributed by atoms with Crippen LogP contribution in [-0.4, -0.2) is 36.2 Å². The molecular formula is C18H32N2O4. The molecule has 0 spiro atoms. The van der Waals surface area contributed by atoms with E-state index < -0.39 is 0 Å². The largest absolute Gasteiger partial charge is 0.462 e. The number of rotatable bonds is 7. The van der Waals surface area contributed by atoms with Gasteiger partial charge in [-0.1, -0.05) is 0 Å². The number of esters is 2. The van der Waals surface area contributed by atoms with Gasteiger partial charge in [-0.15, -0.1) is 0 Å². The Bertz CT molecular complexity index is 362. The van der Waals surface area contributed by atoms with E-state index in [4.69, 9.17) is 20.9 Å². The van der Waals surface area contributed by atoms with E-state index >= 15 is 0 Å². The zero-order chi connectivity index (χ0) is 17.4. The Kier molecular flexibility index (Phi) is 7.99.